The van der Waals surface area contributed by atoms with Gasteiger partial charge in [0.2, 0.25) is 0 Å². The second-order valence-electron chi connectivity index (χ2n) is 6.22. The highest BCUT2D eigenvalue weighted by molar-refractivity contribution is 6.30. The van der Waals surface area contributed by atoms with Crippen LogP contribution >= 0.6 is 11.6 Å². The first-order valence-corrected chi connectivity index (χ1v) is 8.52. The van der Waals surface area contributed by atoms with Gasteiger partial charge in [0, 0.05) is 26.9 Å². The molecule has 0 aliphatic carbocycles. The van der Waals surface area contributed by atoms with E-state index < -0.39 is 5.82 Å². The molecule has 0 amide bonds. The molecule has 0 fully saturated rings. The van der Waals surface area contributed by atoms with Crippen LogP contribution in [0.4, 0.5) is 4.39 Å². The summed E-state index contributed by atoms with van der Waals surface area (Å²) in [6, 6.07) is 19.4. The van der Waals surface area contributed by atoms with Crippen LogP contribution in [-0.4, -0.2) is 5.11 Å². The number of phenolic OH excluding ortho intramolecular Hbond substituents is 1. The second-order valence-corrected chi connectivity index (χ2v) is 6.65. The third-order valence-electron chi connectivity index (χ3n) is 4.72. The average Bonchev–Trinajstić information content (AvgIpc) is 3.01. The summed E-state index contributed by atoms with van der Waals surface area (Å²) >= 11 is 5.88. The van der Waals surface area contributed by atoms with E-state index >= 15 is 0 Å². The summed E-state index contributed by atoms with van der Waals surface area (Å²) in [7, 11) is 0. The van der Waals surface area contributed by atoms with Crippen molar-refractivity contribution in [1.29, 1.82) is 0 Å². The minimum Gasteiger partial charge on any atom is -0.507 e. The van der Waals surface area contributed by atoms with Gasteiger partial charge in [-0.15, -0.1) is 0 Å². The lowest BCUT2D eigenvalue weighted by Crippen LogP contribution is -1.88. The summed E-state index contributed by atoms with van der Waals surface area (Å²) in [6.45, 7) is 0. The molecule has 0 unspecified atom stereocenters. The highest BCUT2D eigenvalue weighted by atomic mass is 35.5. The predicted octanol–water partition coefficient (Wildman–Crippen LogP) is 6.90. The Morgan fingerprint density at radius 2 is 1.62 bits per heavy atom. The average molecular weight is 363 g/mol. The SMILES string of the molecule is Oc1ccc2c(ccc3oc4ccccc4c32)c1-c1ccc(Cl)cc1F. The third kappa shape index (κ3) is 2.11. The molecular formula is C22H12ClFO2. The van der Waals surface area contributed by atoms with Crippen LogP contribution in [0.25, 0.3) is 43.8 Å². The van der Waals surface area contributed by atoms with E-state index in [0.29, 0.717) is 16.1 Å². The number of hydrogen-bond donors (Lipinski definition) is 1. The largest absolute Gasteiger partial charge is 0.507 e. The number of rotatable bonds is 1. The van der Waals surface area contributed by atoms with Gasteiger partial charge in [-0.2, -0.15) is 0 Å². The van der Waals surface area contributed by atoms with Gasteiger partial charge < -0.3 is 9.52 Å². The first kappa shape index (κ1) is 15.2. The van der Waals surface area contributed by atoms with Crippen LogP contribution < -0.4 is 0 Å². The molecule has 0 saturated heterocycles. The Morgan fingerprint density at radius 3 is 2.46 bits per heavy atom. The van der Waals surface area contributed by atoms with Crippen LogP contribution in [0.5, 0.6) is 5.75 Å². The number of furan rings is 1. The molecule has 126 valence electrons. The number of hydrogen-bond acceptors (Lipinski definition) is 2. The van der Waals surface area contributed by atoms with E-state index in [1.165, 1.54) is 6.07 Å². The number of para-hydroxylation sites is 1. The first-order chi connectivity index (χ1) is 12.6. The summed E-state index contributed by atoms with van der Waals surface area (Å²) in [4.78, 5) is 0. The Bertz CT molecular complexity index is 1320. The summed E-state index contributed by atoms with van der Waals surface area (Å²) < 4.78 is 20.5. The lowest BCUT2D eigenvalue weighted by atomic mass is 9.94. The van der Waals surface area contributed by atoms with Gasteiger partial charge in [0.25, 0.3) is 0 Å². The molecule has 4 aromatic carbocycles. The van der Waals surface area contributed by atoms with Gasteiger partial charge >= 0.3 is 0 Å². The van der Waals surface area contributed by atoms with Gasteiger partial charge in [0.05, 0.1) is 0 Å². The lowest BCUT2D eigenvalue weighted by molar-refractivity contribution is 0.477. The van der Waals surface area contributed by atoms with Crippen LogP contribution in [0, 0.1) is 5.82 Å². The summed E-state index contributed by atoms with van der Waals surface area (Å²) in [5.41, 5.74) is 2.31. The molecule has 1 aromatic heterocycles. The van der Waals surface area contributed by atoms with Crippen molar-refractivity contribution >= 4 is 44.3 Å². The van der Waals surface area contributed by atoms with E-state index in [4.69, 9.17) is 16.0 Å². The van der Waals surface area contributed by atoms with Crippen LogP contribution in [-0.2, 0) is 0 Å². The molecule has 4 heteroatoms. The van der Waals surface area contributed by atoms with Crippen molar-refractivity contribution in [3.05, 3.63) is 77.6 Å². The van der Waals surface area contributed by atoms with E-state index in [2.05, 4.69) is 0 Å². The maximum absolute atomic E-state index is 14.5. The lowest BCUT2D eigenvalue weighted by Gasteiger charge is -2.11. The molecule has 0 atom stereocenters. The Hall–Kier alpha value is -3.04. The molecule has 2 nitrogen and oxygen atoms in total. The molecule has 0 saturated carbocycles. The van der Waals surface area contributed by atoms with Crippen molar-refractivity contribution in [3.8, 4) is 16.9 Å². The fourth-order valence-electron chi connectivity index (χ4n) is 3.59. The van der Waals surface area contributed by atoms with Gasteiger partial charge in [-0.3, -0.25) is 0 Å². The molecule has 0 spiro atoms. The number of benzene rings is 4. The van der Waals surface area contributed by atoms with Crippen LogP contribution in [0.15, 0.2) is 71.1 Å². The number of aromatic hydroxyl groups is 1. The zero-order valence-corrected chi connectivity index (χ0v) is 14.2. The Kier molecular flexibility index (Phi) is 3.21. The van der Waals surface area contributed by atoms with Gasteiger partial charge in [0.15, 0.2) is 0 Å². The van der Waals surface area contributed by atoms with Crippen LogP contribution in [0.2, 0.25) is 5.02 Å². The third-order valence-corrected chi connectivity index (χ3v) is 4.95. The zero-order valence-electron chi connectivity index (χ0n) is 13.5. The second kappa shape index (κ2) is 5.48. The highest BCUT2D eigenvalue weighted by Crippen LogP contribution is 2.42. The quantitative estimate of drug-likeness (QED) is 0.351. The van der Waals surface area contributed by atoms with Crippen molar-refractivity contribution in [1.82, 2.24) is 0 Å². The fourth-order valence-corrected chi connectivity index (χ4v) is 3.75. The molecule has 0 radical (unpaired) electrons. The monoisotopic (exact) mass is 362 g/mol. The molecule has 5 aromatic rings. The molecule has 5 rings (SSSR count). The minimum absolute atomic E-state index is 0.0193. The molecule has 26 heavy (non-hydrogen) atoms. The van der Waals surface area contributed by atoms with Gasteiger partial charge in [-0.25, -0.2) is 4.39 Å². The van der Waals surface area contributed by atoms with E-state index in [0.717, 1.165) is 32.7 Å². The van der Waals surface area contributed by atoms with E-state index in [-0.39, 0.29) is 5.75 Å². The number of phenols is 1. The molecular weight excluding hydrogens is 351 g/mol. The standard InChI is InChI=1S/C22H12ClFO2/c23-12-5-6-15(17(24)11-12)21-13-8-10-20-22(14(13)7-9-18(21)25)16-3-1-2-4-19(16)26-20/h1-11,25H. The van der Waals surface area contributed by atoms with E-state index in [9.17, 15) is 9.50 Å². The molecule has 0 aliphatic heterocycles. The predicted molar refractivity (Wildman–Crippen MR) is 103 cm³/mol. The fraction of sp³-hybridized carbons (Fsp3) is 0. The van der Waals surface area contributed by atoms with Crippen LogP contribution in [0.1, 0.15) is 0 Å². The normalized spacial score (nSPS) is 11.6. The number of fused-ring (bicyclic) bond motifs is 5. The summed E-state index contributed by atoms with van der Waals surface area (Å²) in [6.07, 6.45) is 0. The zero-order chi connectivity index (χ0) is 17.8. The first-order valence-electron chi connectivity index (χ1n) is 8.15. The summed E-state index contributed by atoms with van der Waals surface area (Å²) in [5.74, 6) is -0.455. The minimum atomic E-state index is -0.475. The van der Waals surface area contributed by atoms with Gasteiger partial charge in [0.1, 0.15) is 22.7 Å². The van der Waals surface area contributed by atoms with E-state index in [1.54, 1.807) is 18.2 Å². The van der Waals surface area contributed by atoms with Crippen molar-refractivity contribution in [3.63, 3.8) is 0 Å². The maximum atomic E-state index is 14.5. The van der Waals surface area contributed by atoms with E-state index in [1.807, 2.05) is 42.5 Å². The molecule has 0 bridgehead atoms. The highest BCUT2D eigenvalue weighted by Gasteiger charge is 2.17. The Labute approximate surface area is 153 Å². The van der Waals surface area contributed by atoms with Crippen LogP contribution in [0.3, 0.4) is 0 Å². The van der Waals surface area contributed by atoms with Crippen molar-refractivity contribution in [2.24, 2.45) is 0 Å². The maximum Gasteiger partial charge on any atom is 0.136 e. The smallest absolute Gasteiger partial charge is 0.136 e. The van der Waals surface area contributed by atoms with Gasteiger partial charge in [-0.05, 0) is 59.3 Å². The van der Waals surface area contributed by atoms with Crippen molar-refractivity contribution in [2.45, 2.75) is 0 Å². The molecule has 1 N–H and O–H groups in total. The molecule has 1 heterocycles. The molecule has 0 aliphatic rings. The number of halogens is 2. The van der Waals surface area contributed by atoms with Gasteiger partial charge in [-0.1, -0.05) is 29.8 Å². The Balaban J connectivity index is 1.95. The summed E-state index contributed by atoms with van der Waals surface area (Å²) in [5, 5.41) is 14.4. The van der Waals surface area contributed by atoms with Crippen molar-refractivity contribution in [2.75, 3.05) is 0 Å². The Morgan fingerprint density at radius 1 is 0.808 bits per heavy atom. The van der Waals surface area contributed by atoms with Crippen molar-refractivity contribution < 1.29 is 13.9 Å². The topological polar surface area (TPSA) is 33.4 Å².